The number of aliphatic hydroxyl groups is 1. The third kappa shape index (κ3) is 3.02. The van der Waals surface area contributed by atoms with E-state index in [1.54, 1.807) is 23.1 Å². The summed E-state index contributed by atoms with van der Waals surface area (Å²) in [4.78, 5) is 30.6. The summed E-state index contributed by atoms with van der Waals surface area (Å²) in [7, 11) is 0. The molecule has 2 saturated heterocycles. The number of aromatic nitrogens is 1. The normalized spacial score (nSPS) is 29.5. The van der Waals surface area contributed by atoms with Gasteiger partial charge in [-0.05, 0) is 74.5 Å². The van der Waals surface area contributed by atoms with E-state index in [2.05, 4.69) is 10.3 Å². The number of hydrogen-bond acceptors (Lipinski definition) is 5. The van der Waals surface area contributed by atoms with Gasteiger partial charge in [-0.15, -0.1) is 0 Å². The van der Waals surface area contributed by atoms with Crippen LogP contribution in [0.5, 0.6) is 5.75 Å². The fraction of sp³-hybridized carbons (Fsp3) is 0.520. The summed E-state index contributed by atoms with van der Waals surface area (Å²) in [6.45, 7) is 6.07. The molecule has 170 valence electrons. The number of pyridine rings is 1. The van der Waals surface area contributed by atoms with Gasteiger partial charge in [0.15, 0.2) is 0 Å². The van der Waals surface area contributed by atoms with Crippen LogP contribution in [0.1, 0.15) is 58.9 Å². The van der Waals surface area contributed by atoms with Crippen LogP contribution < -0.4 is 10.9 Å². The van der Waals surface area contributed by atoms with E-state index in [4.69, 9.17) is 0 Å². The molecule has 5 rings (SSSR count). The van der Waals surface area contributed by atoms with E-state index >= 15 is 0 Å². The lowest BCUT2D eigenvalue weighted by molar-refractivity contribution is -0.0944. The van der Waals surface area contributed by atoms with Crippen molar-refractivity contribution in [2.24, 2.45) is 0 Å². The number of aryl methyl sites for hydroxylation is 1. The first-order chi connectivity index (χ1) is 15.2. The molecule has 3 atom stereocenters. The molecule has 1 aromatic heterocycles. The maximum atomic E-state index is 13.0. The quantitative estimate of drug-likeness (QED) is 0.573. The number of nitrogens with one attached hydrogen (secondary N) is 2. The lowest BCUT2D eigenvalue weighted by Crippen LogP contribution is -2.70. The van der Waals surface area contributed by atoms with E-state index in [1.165, 1.54) is 0 Å². The number of piperidine rings is 1. The van der Waals surface area contributed by atoms with Crippen molar-refractivity contribution in [2.45, 2.75) is 63.0 Å². The Morgan fingerprint density at radius 2 is 1.94 bits per heavy atom. The average Bonchev–Trinajstić information content (AvgIpc) is 3.29. The maximum Gasteiger partial charge on any atom is 0.261 e. The average molecular weight is 438 g/mol. The predicted molar refractivity (Wildman–Crippen MR) is 121 cm³/mol. The Labute approximate surface area is 187 Å². The van der Waals surface area contributed by atoms with Gasteiger partial charge >= 0.3 is 0 Å². The molecule has 2 aromatic rings. The van der Waals surface area contributed by atoms with Crippen molar-refractivity contribution in [1.29, 1.82) is 0 Å². The number of carbonyl (C=O) groups excluding carboxylic acids is 1. The molecule has 1 amide bonds. The maximum absolute atomic E-state index is 13.0. The van der Waals surface area contributed by atoms with E-state index in [0.29, 0.717) is 32.4 Å². The Balaban J connectivity index is 1.65. The summed E-state index contributed by atoms with van der Waals surface area (Å²) in [5, 5.41) is 25.9. The smallest absolute Gasteiger partial charge is 0.261 e. The zero-order chi connectivity index (χ0) is 22.7. The molecule has 3 heterocycles. The molecule has 0 radical (unpaired) electrons. The molecule has 2 fully saturated rings. The van der Waals surface area contributed by atoms with E-state index in [0.717, 1.165) is 41.8 Å². The first-order valence-electron chi connectivity index (χ1n) is 11.6. The minimum atomic E-state index is -1.14. The molecule has 3 unspecified atom stereocenters. The lowest BCUT2D eigenvalue weighted by atomic mass is 9.53. The largest absolute Gasteiger partial charge is 0.508 e. The number of rotatable bonds is 2. The summed E-state index contributed by atoms with van der Waals surface area (Å²) >= 11 is 0. The summed E-state index contributed by atoms with van der Waals surface area (Å²) in [5.41, 5.74) is 1.51. The molecule has 4 N–H and O–H groups in total. The minimum Gasteiger partial charge on any atom is -0.508 e. The van der Waals surface area contributed by atoms with E-state index in [9.17, 15) is 19.8 Å². The molecule has 3 aliphatic rings. The number of aromatic hydroxyl groups is 1. The number of hydrogen-bond donors (Lipinski definition) is 4. The standard InChI is InChI=1S/C25H31N3O4/c1-15-5-6-18(29)12-20(15)24-7-8-26-16(2)25(24,32)13-17-11-19(22(30)27-21(17)14-24)23(31)28-9-3-4-10-28/h5-6,11-12,16,26,29,32H,3-4,7-10,13-14H2,1-2H3,(H,27,30). The number of likely N-dealkylation sites (tertiary alicyclic amines) is 1. The first-order valence-corrected chi connectivity index (χ1v) is 11.6. The molecule has 1 aromatic carbocycles. The lowest BCUT2D eigenvalue weighted by Gasteiger charge is -2.57. The Hall–Kier alpha value is -2.64. The third-order valence-corrected chi connectivity index (χ3v) is 8.06. The van der Waals surface area contributed by atoms with E-state index in [-0.39, 0.29) is 28.8 Å². The number of amides is 1. The number of phenolic OH excluding ortho intramolecular Hbond substituents is 1. The highest BCUT2D eigenvalue weighted by Gasteiger charge is 2.59. The van der Waals surface area contributed by atoms with Crippen molar-refractivity contribution in [3.63, 3.8) is 0 Å². The van der Waals surface area contributed by atoms with Gasteiger partial charge in [0.2, 0.25) is 0 Å². The SMILES string of the molecule is Cc1ccc(O)cc1C12CCNC(C)C1(O)Cc1cc(C(=O)N3CCCC3)c(=O)[nH]c1C2. The molecule has 1 aliphatic carbocycles. The van der Waals surface area contributed by atoms with Gasteiger partial charge in [0.1, 0.15) is 11.3 Å². The molecule has 2 aliphatic heterocycles. The second-order valence-electron chi connectivity index (χ2n) is 9.80. The Morgan fingerprint density at radius 1 is 1.19 bits per heavy atom. The first kappa shape index (κ1) is 21.2. The minimum absolute atomic E-state index is 0.159. The van der Waals surface area contributed by atoms with Crippen molar-refractivity contribution in [3.05, 3.63) is 62.6 Å². The van der Waals surface area contributed by atoms with Gasteiger partial charge in [0, 0.05) is 43.1 Å². The Morgan fingerprint density at radius 3 is 2.69 bits per heavy atom. The van der Waals surface area contributed by atoms with Gasteiger partial charge in [-0.2, -0.15) is 0 Å². The highest BCUT2D eigenvalue weighted by Crippen LogP contribution is 2.51. The van der Waals surface area contributed by atoms with Gasteiger partial charge in [-0.1, -0.05) is 6.07 Å². The topological polar surface area (TPSA) is 106 Å². The van der Waals surface area contributed by atoms with Crippen molar-refractivity contribution in [1.82, 2.24) is 15.2 Å². The monoisotopic (exact) mass is 437 g/mol. The van der Waals surface area contributed by atoms with Crippen molar-refractivity contribution < 1.29 is 15.0 Å². The van der Waals surface area contributed by atoms with Crippen LogP contribution in [0.25, 0.3) is 0 Å². The van der Waals surface area contributed by atoms with Crippen LogP contribution in [0.3, 0.4) is 0 Å². The van der Waals surface area contributed by atoms with Gasteiger partial charge in [-0.25, -0.2) is 0 Å². The van der Waals surface area contributed by atoms with Crippen LogP contribution in [0.4, 0.5) is 0 Å². The van der Waals surface area contributed by atoms with Crippen LogP contribution >= 0.6 is 0 Å². The number of nitrogens with zero attached hydrogens (tertiary/aromatic N) is 1. The highest BCUT2D eigenvalue weighted by atomic mass is 16.3. The Kier molecular flexibility index (Phi) is 4.94. The van der Waals surface area contributed by atoms with Crippen molar-refractivity contribution in [3.8, 4) is 5.75 Å². The van der Waals surface area contributed by atoms with E-state index in [1.807, 2.05) is 19.9 Å². The zero-order valence-electron chi connectivity index (χ0n) is 18.7. The van der Waals surface area contributed by atoms with Crippen LogP contribution in [0.2, 0.25) is 0 Å². The summed E-state index contributed by atoms with van der Waals surface area (Å²) in [5.74, 6) is -0.0617. The van der Waals surface area contributed by atoms with Crippen molar-refractivity contribution in [2.75, 3.05) is 19.6 Å². The summed E-state index contributed by atoms with van der Waals surface area (Å²) in [6, 6.07) is 6.80. The predicted octanol–water partition coefficient (Wildman–Crippen LogP) is 1.77. The molecule has 0 saturated carbocycles. The molecular weight excluding hydrogens is 406 g/mol. The molecule has 0 bridgehead atoms. The molecule has 0 spiro atoms. The highest BCUT2D eigenvalue weighted by molar-refractivity contribution is 5.94. The van der Waals surface area contributed by atoms with E-state index < -0.39 is 11.0 Å². The second-order valence-corrected chi connectivity index (χ2v) is 9.80. The van der Waals surface area contributed by atoms with Crippen LogP contribution in [0.15, 0.2) is 29.1 Å². The zero-order valence-corrected chi connectivity index (χ0v) is 18.7. The van der Waals surface area contributed by atoms with Gasteiger partial charge < -0.3 is 25.4 Å². The number of benzene rings is 1. The van der Waals surface area contributed by atoms with Gasteiger partial charge in [-0.3, -0.25) is 9.59 Å². The van der Waals surface area contributed by atoms with Crippen molar-refractivity contribution >= 4 is 5.91 Å². The number of fused-ring (bicyclic) bond motifs is 2. The number of phenols is 1. The van der Waals surface area contributed by atoms with Crippen LogP contribution in [-0.2, 0) is 18.3 Å². The van der Waals surface area contributed by atoms with Crippen LogP contribution in [-0.4, -0.2) is 57.3 Å². The second kappa shape index (κ2) is 7.46. The molecule has 32 heavy (non-hydrogen) atoms. The Bertz CT molecular complexity index is 1140. The summed E-state index contributed by atoms with van der Waals surface area (Å²) < 4.78 is 0. The third-order valence-electron chi connectivity index (χ3n) is 8.06. The van der Waals surface area contributed by atoms with Crippen LogP contribution in [0, 0.1) is 6.92 Å². The molecule has 7 nitrogen and oxygen atoms in total. The summed E-state index contributed by atoms with van der Waals surface area (Å²) in [6.07, 6.45) is 3.37. The molecule has 7 heteroatoms. The number of carbonyl (C=O) groups is 1. The number of H-pyrrole nitrogens is 1. The van der Waals surface area contributed by atoms with Gasteiger partial charge in [0.05, 0.1) is 5.60 Å². The molecular formula is C25H31N3O4. The fourth-order valence-corrected chi connectivity index (χ4v) is 6.22. The van der Waals surface area contributed by atoms with Gasteiger partial charge in [0.25, 0.3) is 11.5 Å². The fourth-order valence-electron chi connectivity index (χ4n) is 6.22. The number of aromatic amines is 1.